The summed E-state index contributed by atoms with van der Waals surface area (Å²) in [5, 5.41) is 3.30. The standard InChI is InChI=1S/C13H20FN3O/c1-10(11-5-12(14)7-16-6-11)17(2)9-13-8-15-3-4-18-13/h5-7,10,13,15H,3-4,8-9H2,1-2H3. The molecule has 0 spiro atoms. The van der Waals surface area contributed by atoms with Crippen LogP contribution in [-0.2, 0) is 4.74 Å². The molecule has 4 nitrogen and oxygen atoms in total. The van der Waals surface area contributed by atoms with Gasteiger partial charge in [-0.1, -0.05) is 0 Å². The lowest BCUT2D eigenvalue weighted by Crippen LogP contribution is -2.44. The minimum Gasteiger partial charge on any atom is -0.374 e. The molecule has 1 aromatic heterocycles. The van der Waals surface area contributed by atoms with Gasteiger partial charge in [0.1, 0.15) is 5.82 Å². The van der Waals surface area contributed by atoms with E-state index < -0.39 is 0 Å². The summed E-state index contributed by atoms with van der Waals surface area (Å²) < 4.78 is 18.8. The van der Waals surface area contributed by atoms with Crippen molar-refractivity contribution in [1.82, 2.24) is 15.2 Å². The first kappa shape index (κ1) is 13.4. The van der Waals surface area contributed by atoms with Gasteiger partial charge in [0, 0.05) is 31.9 Å². The molecule has 0 radical (unpaired) electrons. The molecule has 2 unspecified atom stereocenters. The average molecular weight is 253 g/mol. The second-order valence-electron chi connectivity index (χ2n) is 4.75. The maximum atomic E-state index is 13.1. The van der Waals surface area contributed by atoms with Gasteiger partial charge in [-0.2, -0.15) is 0 Å². The summed E-state index contributed by atoms with van der Waals surface area (Å²) >= 11 is 0. The van der Waals surface area contributed by atoms with Gasteiger partial charge in [-0.25, -0.2) is 4.39 Å². The van der Waals surface area contributed by atoms with Gasteiger partial charge in [-0.15, -0.1) is 0 Å². The molecule has 1 aliphatic heterocycles. The Labute approximate surface area is 107 Å². The summed E-state index contributed by atoms with van der Waals surface area (Å²) in [5.41, 5.74) is 0.890. The Morgan fingerprint density at radius 2 is 2.44 bits per heavy atom. The van der Waals surface area contributed by atoms with Crippen molar-refractivity contribution >= 4 is 0 Å². The van der Waals surface area contributed by atoms with Crippen LogP contribution in [-0.4, -0.2) is 49.3 Å². The lowest BCUT2D eigenvalue weighted by Gasteiger charge is -2.31. The summed E-state index contributed by atoms with van der Waals surface area (Å²) in [4.78, 5) is 6.05. The maximum absolute atomic E-state index is 13.1. The Morgan fingerprint density at radius 3 is 3.11 bits per heavy atom. The summed E-state index contributed by atoms with van der Waals surface area (Å²) in [6, 6.07) is 1.66. The number of hydrogen-bond acceptors (Lipinski definition) is 4. The SMILES string of the molecule is CC(c1cncc(F)c1)N(C)CC1CNCCO1. The van der Waals surface area contributed by atoms with E-state index >= 15 is 0 Å². The van der Waals surface area contributed by atoms with Crippen LogP contribution < -0.4 is 5.32 Å². The van der Waals surface area contributed by atoms with Crippen molar-refractivity contribution in [2.45, 2.75) is 19.1 Å². The molecular formula is C13H20FN3O. The number of nitrogens with one attached hydrogen (secondary N) is 1. The summed E-state index contributed by atoms with van der Waals surface area (Å²) in [6.45, 7) is 5.42. The van der Waals surface area contributed by atoms with E-state index in [2.05, 4.69) is 15.2 Å². The van der Waals surface area contributed by atoms with E-state index in [4.69, 9.17) is 4.74 Å². The van der Waals surface area contributed by atoms with Crippen molar-refractivity contribution in [3.8, 4) is 0 Å². The topological polar surface area (TPSA) is 37.4 Å². The molecular weight excluding hydrogens is 233 g/mol. The van der Waals surface area contributed by atoms with E-state index in [-0.39, 0.29) is 18.0 Å². The summed E-state index contributed by atoms with van der Waals surface area (Å²) in [7, 11) is 2.02. The van der Waals surface area contributed by atoms with Gasteiger partial charge in [0.15, 0.2) is 0 Å². The number of aromatic nitrogens is 1. The number of ether oxygens (including phenoxy) is 1. The highest BCUT2D eigenvalue weighted by atomic mass is 19.1. The quantitative estimate of drug-likeness (QED) is 0.875. The molecule has 0 aromatic carbocycles. The molecule has 100 valence electrons. The molecule has 1 aliphatic rings. The molecule has 5 heteroatoms. The summed E-state index contributed by atoms with van der Waals surface area (Å²) in [6.07, 6.45) is 3.14. The largest absolute Gasteiger partial charge is 0.374 e. The Bertz CT molecular complexity index is 382. The van der Waals surface area contributed by atoms with Crippen LogP contribution in [0.25, 0.3) is 0 Å². The third-order valence-corrected chi connectivity index (χ3v) is 3.37. The van der Waals surface area contributed by atoms with Crippen LogP contribution in [0.2, 0.25) is 0 Å². The number of hydrogen-bond donors (Lipinski definition) is 1. The lowest BCUT2D eigenvalue weighted by molar-refractivity contribution is 0.00389. The molecule has 1 saturated heterocycles. The Hall–Kier alpha value is -1.04. The van der Waals surface area contributed by atoms with E-state index in [0.717, 1.165) is 31.8 Å². The third-order valence-electron chi connectivity index (χ3n) is 3.37. The van der Waals surface area contributed by atoms with Crippen molar-refractivity contribution in [3.63, 3.8) is 0 Å². The van der Waals surface area contributed by atoms with Gasteiger partial charge in [0.05, 0.1) is 18.9 Å². The van der Waals surface area contributed by atoms with Crippen molar-refractivity contribution in [2.24, 2.45) is 0 Å². The van der Waals surface area contributed by atoms with E-state index in [1.807, 2.05) is 14.0 Å². The second kappa shape index (κ2) is 6.22. The molecule has 0 saturated carbocycles. The van der Waals surface area contributed by atoms with Crippen molar-refractivity contribution in [2.75, 3.05) is 33.3 Å². The molecule has 1 aromatic rings. The van der Waals surface area contributed by atoms with Gasteiger partial charge in [0.2, 0.25) is 0 Å². The molecule has 18 heavy (non-hydrogen) atoms. The van der Waals surface area contributed by atoms with Crippen LogP contribution in [0.5, 0.6) is 0 Å². The van der Waals surface area contributed by atoms with E-state index in [1.165, 1.54) is 12.3 Å². The molecule has 0 bridgehead atoms. The highest BCUT2D eigenvalue weighted by molar-refractivity contribution is 5.14. The Morgan fingerprint density at radius 1 is 1.61 bits per heavy atom. The third kappa shape index (κ3) is 3.48. The molecule has 1 N–H and O–H groups in total. The van der Waals surface area contributed by atoms with Crippen LogP contribution in [0.4, 0.5) is 4.39 Å². The van der Waals surface area contributed by atoms with Gasteiger partial charge >= 0.3 is 0 Å². The van der Waals surface area contributed by atoms with Crippen molar-refractivity contribution in [3.05, 3.63) is 29.8 Å². The van der Waals surface area contributed by atoms with E-state index in [9.17, 15) is 4.39 Å². The second-order valence-corrected chi connectivity index (χ2v) is 4.75. The van der Waals surface area contributed by atoms with Gasteiger partial charge < -0.3 is 10.1 Å². The number of pyridine rings is 1. The highest BCUT2D eigenvalue weighted by Crippen LogP contribution is 2.19. The Kier molecular flexibility index (Phi) is 4.63. The molecule has 0 amide bonds. The van der Waals surface area contributed by atoms with E-state index in [0.29, 0.717) is 0 Å². The maximum Gasteiger partial charge on any atom is 0.141 e. The van der Waals surface area contributed by atoms with Gasteiger partial charge in [-0.05, 0) is 25.6 Å². The zero-order chi connectivity index (χ0) is 13.0. The van der Waals surface area contributed by atoms with Gasteiger partial charge in [-0.3, -0.25) is 9.88 Å². The fourth-order valence-corrected chi connectivity index (χ4v) is 2.13. The van der Waals surface area contributed by atoms with Gasteiger partial charge in [0.25, 0.3) is 0 Å². The minimum atomic E-state index is -0.289. The number of rotatable bonds is 4. The lowest BCUT2D eigenvalue weighted by atomic mass is 10.1. The molecule has 2 atom stereocenters. The number of likely N-dealkylation sites (N-methyl/N-ethyl adjacent to an activating group) is 1. The smallest absolute Gasteiger partial charge is 0.141 e. The normalized spacial score (nSPS) is 22.1. The zero-order valence-corrected chi connectivity index (χ0v) is 10.9. The fourth-order valence-electron chi connectivity index (χ4n) is 2.13. The zero-order valence-electron chi connectivity index (χ0n) is 10.9. The van der Waals surface area contributed by atoms with Crippen LogP contribution in [0, 0.1) is 5.82 Å². The molecule has 0 aliphatic carbocycles. The van der Waals surface area contributed by atoms with Crippen molar-refractivity contribution in [1.29, 1.82) is 0 Å². The first-order valence-corrected chi connectivity index (χ1v) is 6.30. The number of morpholine rings is 1. The Balaban J connectivity index is 1.93. The predicted octanol–water partition coefficient (Wildman–Crippen LogP) is 1.20. The summed E-state index contributed by atoms with van der Waals surface area (Å²) in [5.74, 6) is -0.289. The van der Waals surface area contributed by atoms with Crippen LogP contribution in [0.1, 0.15) is 18.5 Å². The average Bonchev–Trinajstić information content (AvgIpc) is 2.39. The highest BCUT2D eigenvalue weighted by Gasteiger charge is 2.19. The molecule has 2 heterocycles. The van der Waals surface area contributed by atoms with Crippen molar-refractivity contribution < 1.29 is 9.13 Å². The molecule has 1 fully saturated rings. The first-order valence-electron chi connectivity index (χ1n) is 6.30. The fraction of sp³-hybridized carbons (Fsp3) is 0.615. The first-order chi connectivity index (χ1) is 8.66. The number of nitrogens with zero attached hydrogens (tertiary/aromatic N) is 2. The van der Waals surface area contributed by atoms with Crippen LogP contribution >= 0.6 is 0 Å². The van der Waals surface area contributed by atoms with Crippen LogP contribution in [0.15, 0.2) is 18.5 Å². The monoisotopic (exact) mass is 253 g/mol. The number of halogens is 1. The molecule has 2 rings (SSSR count). The predicted molar refractivity (Wildman–Crippen MR) is 67.8 cm³/mol. The van der Waals surface area contributed by atoms with E-state index in [1.54, 1.807) is 6.20 Å². The van der Waals surface area contributed by atoms with Crippen LogP contribution in [0.3, 0.4) is 0 Å². The minimum absolute atomic E-state index is 0.124.